The molecule has 0 bridgehead atoms. The van der Waals surface area contributed by atoms with Crippen LogP contribution in [0, 0.1) is 17.3 Å². The van der Waals surface area contributed by atoms with Crippen LogP contribution in [0.2, 0.25) is 0 Å². The lowest BCUT2D eigenvalue weighted by atomic mass is 9.61. The Morgan fingerprint density at radius 2 is 1.76 bits per heavy atom. The van der Waals surface area contributed by atoms with Crippen molar-refractivity contribution in [3.63, 3.8) is 0 Å². The van der Waals surface area contributed by atoms with Crippen LogP contribution >= 0.6 is 0 Å². The molecule has 0 radical (unpaired) electrons. The average Bonchev–Trinajstić information content (AvgIpc) is 2.95. The fourth-order valence-electron chi connectivity index (χ4n) is 5.53. The van der Waals surface area contributed by atoms with E-state index >= 15 is 0 Å². The summed E-state index contributed by atoms with van der Waals surface area (Å²) in [6.45, 7) is 13.1. The lowest BCUT2D eigenvalue weighted by Crippen LogP contribution is -2.32. The van der Waals surface area contributed by atoms with Crippen molar-refractivity contribution in [1.82, 2.24) is 0 Å². The van der Waals surface area contributed by atoms with Crippen molar-refractivity contribution in [2.45, 2.75) is 78.9 Å². The minimum absolute atomic E-state index is 0.0416. The van der Waals surface area contributed by atoms with Gasteiger partial charge in [0.2, 0.25) is 0 Å². The molecular weight excluding hydrogens is 524 g/mol. The second-order valence-corrected chi connectivity index (χ2v) is 11.2. The number of hydrogen-bond acceptors (Lipinski definition) is 8. The zero-order valence-corrected chi connectivity index (χ0v) is 25.0. The summed E-state index contributed by atoms with van der Waals surface area (Å²) in [5.41, 5.74) is 1.29. The topological polar surface area (TPSA) is 104 Å². The average molecular weight is 571 g/mol. The van der Waals surface area contributed by atoms with Crippen LogP contribution in [-0.4, -0.2) is 43.8 Å². The number of unbranched alkanes of at least 4 members (excludes halogenated alkanes) is 1. The number of carbonyl (C=O) groups is 1. The van der Waals surface area contributed by atoms with Crippen LogP contribution in [0.5, 0.6) is 11.5 Å². The number of aliphatic hydroxyl groups excluding tert-OH is 1. The number of fused-ring (bicyclic) bond motifs is 1. The number of esters is 1. The predicted octanol–water partition coefficient (Wildman–Crippen LogP) is 6.58. The minimum Gasteiger partial charge on any atom is -0.487 e. The van der Waals surface area contributed by atoms with E-state index in [1.54, 1.807) is 24.3 Å². The number of benzene rings is 1. The van der Waals surface area contributed by atoms with Gasteiger partial charge in [-0.1, -0.05) is 51.8 Å². The van der Waals surface area contributed by atoms with E-state index in [0.29, 0.717) is 39.7 Å². The van der Waals surface area contributed by atoms with Gasteiger partial charge < -0.3 is 28.5 Å². The molecule has 1 atom stereocenters. The van der Waals surface area contributed by atoms with Crippen molar-refractivity contribution < 1.29 is 33.3 Å². The van der Waals surface area contributed by atoms with Crippen LogP contribution in [0.15, 0.2) is 57.8 Å². The molecule has 0 amide bonds. The molecule has 1 fully saturated rings. The Balaban J connectivity index is 1.48. The van der Waals surface area contributed by atoms with E-state index in [2.05, 4.69) is 27.4 Å². The lowest BCUT2D eigenvalue weighted by Gasteiger charge is -2.44. The van der Waals surface area contributed by atoms with E-state index in [1.807, 2.05) is 0 Å². The van der Waals surface area contributed by atoms with Gasteiger partial charge in [-0.05, 0) is 68.4 Å². The molecule has 1 aromatic carbocycles. The fraction of sp³-hybridized carbons (Fsp3) is 0.576. The summed E-state index contributed by atoms with van der Waals surface area (Å²) >= 11 is 0. The smallest absolute Gasteiger partial charge is 0.336 e. The van der Waals surface area contributed by atoms with Gasteiger partial charge in [0.15, 0.2) is 17.8 Å². The first-order chi connectivity index (χ1) is 19.6. The zero-order chi connectivity index (χ0) is 29.8. The molecule has 2 aromatic rings. The lowest BCUT2D eigenvalue weighted by molar-refractivity contribution is -0.138. The third kappa shape index (κ3) is 9.75. The molecule has 41 heavy (non-hydrogen) atoms. The summed E-state index contributed by atoms with van der Waals surface area (Å²) in [7, 11) is 0. The molecule has 1 aliphatic rings. The van der Waals surface area contributed by atoms with Crippen molar-refractivity contribution in [2.75, 3.05) is 26.4 Å². The molecule has 8 nitrogen and oxygen atoms in total. The van der Waals surface area contributed by atoms with Gasteiger partial charge in [0.05, 0.1) is 6.61 Å². The van der Waals surface area contributed by atoms with Crippen molar-refractivity contribution in [2.24, 2.45) is 17.3 Å². The maximum absolute atomic E-state index is 12.3. The van der Waals surface area contributed by atoms with Gasteiger partial charge in [-0.15, -0.1) is 0 Å². The molecular formula is C33H46O8. The summed E-state index contributed by atoms with van der Waals surface area (Å²) in [6.07, 6.45) is 10.8. The minimum atomic E-state index is -0.910. The molecule has 0 spiro atoms. The van der Waals surface area contributed by atoms with Gasteiger partial charge >= 0.3 is 11.6 Å². The number of allylic oxidation sites excluding steroid dienone is 2. The van der Waals surface area contributed by atoms with E-state index in [4.69, 9.17) is 23.4 Å². The number of hydrogen-bond donors (Lipinski definition) is 1. The predicted molar refractivity (Wildman–Crippen MR) is 159 cm³/mol. The Kier molecular flexibility index (Phi) is 12.5. The van der Waals surface area contributed by atoms with E-state index in [0.717, 1.165) is 18.4 Å². The monoisotopic (exact) mass is 570 g/mol. The van der Waals surface area contributed by atoms with E-state index in [9.17, 15) is 14.7 Å². The Morgan fingerprint density at radius 3 is 2.41 bits per heavy atom. The molecule has 0 aliphatic heterocycles. The molecule has 1 saturated carbocycles. The van der Waals surface area contributed by atoms with Crippen molar-refractivity contribution in [3.8, 4) is 11.5 Å². The zero-order valence-electron chi connectivity index (χ0n) is 25.0. The maximum atomic E-state index is 12.3. The number of ether oxygens (including phenoxy) is 4. The van der Waals surface area contributed by atoms with Crippen molar-refractivity contribution >= 4 is 16.9 Å². The highest BCUT2D eigenvalue weighted by atomic mass is 16.6. The normalized spacial score (nSPS) is 19.9. The second kappa shape index (κ2) is 15.8. The van der Waals surface area contributed by atoms with Gasteiger partial charge in [0, 0.05) is 23.6 Å². The van der Waals surface area contributed by atoms with Gasteiger partial charge in [-0.25, -0.2) is 9.59 Å². The van der Waals surface area contributed by atoms with Crippen molar-refractivity contribution in [3.05, 3.63) is 59.0 Å². The third-order valence-corrected chi connectivity index (χ3v) is 8.16. The molecule has 1 N–H and O–H groups in total. The Bertz CT molecular complexity index is 1220. The summed E-state index contributed by atoms with van der Waals surface area (Å²) in [4.78, 5) is 24.0. The second-order valence-electron chi connectivity index (χ2n) is 11.2. The van der Waals surface area contributed by atoms with Gasteiger partial charge in [-0.3, -0.25) is 0 Å². The van der Waals surface area contributed by atoms with Crippen molar-refractivity contribution in [1.29, 1.82) is 0 Å². The van der Waals surface area contributed by atoms with E-state index < -0.39 is 17.9 Å². The molecule has 1 unspecified atom stereocenters. The van der Waals surface area contributed by atoms with E-state index in [-0.39, 0.29) is 26.4 Å². The molecule has 3 rings (SSSR count). The summed E-state index contributed by atoms with van der Waals surface area (Å²) in [5.74, 6) is 1.37. The van der Waals surface area contributed by atoms with Gasteiger partial charge in [-0.2, -0.15) is 0 Å². The molecule has 1 aromatic heterocycles. The Morgan fingerprint density at radius 1 is 1.07 bits per heavy atom. The van der Waals surface area contributed by atoms with Crippen LogP contribution in [0.4, 0.5) is 0 Å². The van der Waals surface area contributed by atoms with Crippen LogP contribution in [0.1, 0.15) is 72.6 Å². The molecule has 0 saturated heterocycles. The summed E-state index contributed by atoms with van der Waals surface area (Å²) in [5, 5.41) is 9.92. The first kappa shape index (κ1) is 32.4. The number of carbonyl (C=O) groups excluding carboxylic acids is 1. The molecule has 1 aliphatic carbocycles. The Labute approximate surface area is 243 Å². The van der Waals surface area contributed by atoms with E-state index in [1.165, 1.54) is 51.2 Å². The van der Waals surface area contributed by atoms with Crippen LogP contribution in [-0.2, 0) is 14.3 Å². The maximum Gasteiger partial charge on any atom is 0.336 e. The standard InChI is InChI=1S/C33H46O8/c1-6-7-14-33(23(2)3)15-12-26(13-16-33)24(4)8-10-31(35)40-20-19-38-29-21-27-9-11-32(36)41-28(27)22-30(29)39-18-17-37-25(5)34/h8-11,21-23,25-26,34H,4,6-7,12-20H2,1-3,5H3/b10-8+. The SMILES string of the molecule is C=C(/C=C/C(=O)OCCOc1cc2ccc(=O)oc2cc1OCCOC(C)O)C1CCC(CCCC)(C(C)C)CC1. The quantitative estimate of drug-likeness (QED) is 0.0602. The number of rotatable bonds is 16. The third-order valence-electron chi connectivity index (χ3n) is 8.16. The Hall–Kier alpha value is -3.10. The first-order valence-corrected chi connectivity index (χ1v) is 14.8. The number of aliphatic hydroxyl groups is 1. The molecule has 8 heteroatoms. The largest absolute Gasteiger partial charge is 0.487 e. The summed E-state index contributed by atoms with van der Waals surface area (Å²) < 4.78 is 27.2. The van der Waals surface area contributed by atoms with Gasteiger partial charge in [0.25, 0.3) is 0 Å². The highest BCUT2D eigenvalue weighted by molar-refractivity contribution is 5.82. The summed E-state index contributed by atoms with van der Waals surface area (Å²) in [6, 6.07) is 6.21. The molecule has 226 valence electrons. The fourth-order valence-corrected chi connectivity index (χ4v) is 5.53. The highest BCUT2D eigenvalue weighted by Gasteiger charge is 2.37. The van der Waals surface area contributed by atoms with Crippen LogP contribution in [0.25, 0.3) is 11.0 Å². The van der Waals surface area contributed by atoms with Gasteiger partial charge in [0.1, 0.15) is 25.4 Å². The molecule has 1 heterocycles. The first-order valence-electron chi connectivity index (χ1n) is 14.8. The van der Waals surface area contributed by atoms with Crippen LogP contribution in [0.3, 0.4) is 0 Å². The van der Waals surface area contributed by atoms with Crippen LogP contribution < -0.4 is 15.1 Å². The highest BCUT2D eigenvalue weighted by Crippen LogP contribution is 2.49.